The van der Waals surface area contributed by atoms with Gasteiger partial charge in [0.15, 0.2) is 23.0 Å². The Labute approximate surface area is 165 Å². The first-order chi connectivity index (χ1) is 14.0. The predicted octanol–water partition coefficient (Wildman–Crippen LogP) is 2.42. The van der Waals surface area contributed by atoms with Crippen molar-refractivity contribution in [3.63, 3.8) is 0 Å². The van der Waals surface area contributed by atoms with Crippen molar-refractivity contribution < 1.29 is 20.1 Å². The van der Waals surface area contributed by atoms with Gasteiger partial charge in [0.05, 0.1) is 23.0 Å². The summed E-state index contributed by atoms with van der Waals surface area (Å²) in [5.41, 5.74) is 8.24. The standard InChI is InChI=1S/C20H19N5O4/c21-7-2-8-22-18-19-23-10-14(11-5-6-15(26)16(27)9-11)25(19)13-4-1-3-12(20(28)29)17(13)24-18/h1,3-6,9-10,26-27H,2,7-8,21H2,(H,22,24)(H,28,29). The molecular weight excluding hydrogens is 374 g/mol. The van der Waals surface area contributed by atoms with Crippen LogP contribution in [0, 0.1) is 0 Å². The molecule has 0 radical (unpaired) electrons. The number of nitrogens with two attached hydrogens (primary N) is 1. The van der Waals surface area contributed by atoms with Gasteiger partial charge in [-0.3, -0.25) is 4.40 Å². The minimum atomic E-state index is -1.08. The highest BCUT2D eigenvalue weighted by Crippen LogP contribution is 2.33. The van der Waals surface area contributed by atoms with Crippen LogP contribution >= 0.6 is 0 Å². The van der Waals surface area contributed by atoms with Gasteiger partial charge in [-0.15, -0.1) is 0 Å². The largest absolute Gasteiger partial charge is 0.504 e. The molecular formula is C20H19N5O4. The Bertz CT molecular complexity index is 1230. The van der Waals surface area contributed by atoms with Crippen LogP contribution in [-0.4, -0.2) is 48.7 Å². The zero-order valence-electron chi connectivity index (χ0n) is 15.3. The van der Waals surface area contributed by atoms with Gasteiger partial charge in [-0.05, 0) is 43.3 Å². The minimum Gasteiger partial charge on any atom is -0.504 e. The van der Waals surface area contributed by atoms with Crippen molar-refractivity contribution in [1.82, 2.24) is 14.4 Å². The van der Waals surface area contributed by atoms with E-state index in [0.29, 0.717) is 53.3 Å². The summed E-state index contributed by atoms with van der Waals surface area (Å²) in [5, 5.41) is 32.3. The molecule has 0 aliphatic carbocycles. The van der Waals surface area contributed by atoms with Gasteiger partial charge in [-0.2, -0.15) is 0 Å². The lowest BCUT2D eigenvalue weighted by atomic mass is 10.1. The van der Waals surface area contributed by atoms with Crippen LogP contribution in [0.5, 0.6) is 11.5 Å². The minimum absolute atomic E-state index is 0.0690. The van der Waals surface area contributed by atoms with Gasteiger partial charge in [0, 0.05) is 12.1 Å². The van der Waals surface area contributed by atoms with Gasteiger partial charge in [-0.25, -0.2) is 14.8 Å². The number of anilines is 1. The monoisotopic (exact) mass is 393 g/mol. The first kappa shape index (κ1) is 18.5. The fraction of sp³-hybridized carbons (Fsp3) is 0.150. The van der Waals surface area contributed by atoms with Crippen LogP contribution in [0.3, 0.4) is 0 Å². The van der Waals surface area contributed by atoms with Gasteiger partial charge < -0.3 is 26.4 Å². The fourth-order valence-corrected chi connectivity index (χ4v) is 3.24. The van der Waals surface area contributed by atoms with Crippen LogP contribution in [0.25, 0.3) is 27.9 Å². The number of aromatic carboxylic acids is 1. The molecule has 6 N–H and O–H groups in total. The highest BCUT2D eigenvalue weighted by molar-refractivity contribution is 6.02. The van der Waals surface area contributed by atoms with Crippen molar-refractivity contribution in [1.29, 1.82) is 0 Å². The highest BCUT2D eigenvalue weighted by Gasteiger charge is 2.19. The Kier molecular flexibility index (Phi) is 4.65. The average Bonchev–Trinajstić information content (AvgIpc) is 3.15. The lowest BCUT2D eigenvalue weighted by Gasteiger charge is -2.13. The van der Waals surface area contributed by atoms with E-state index in [1.807, 2.05) is 0 Å². The molecule has 0 bridgehead atoms. The number of phenols is 2. The summed E-state index contributed by atoms with van der Waals surface area (Å²) in [6, 6.07) is 9.36. The number of hydrogen-bond acceptors (Lipinski definition) is 7. The Balaban J connectivity index is 2.03. The van der Waals surface area contributed by atoms with Crippen molar-refractivity contribution in [2.24, 2.45) is 5.73 Å². The van der Waals surface area contributed by atoms with Crippen molar-refractivity contribution >= 4 is 28.5 Å². The van der Waals surface area contributed by atoms with Gasteiger partial charge >= 0.3 is 5.97 Å². The maximum Gasteiger partial charge on any atom is 0.337 e. The number of carboxylic acid groups (broad SMARTS) is 1. The summed E-state index contributed by atoms with van der Waals surface area (Å²) >= 11 is 0. The second kappa shape index (κ2) is 7.28. The smallest absolute Gasteiger partial charge is 0.337 e. The SMILES string of the molecule is NCCCNc1nc2c(C(=O)O)cccc2n2c(-c3ccc(O)c(O)c3)cnc12. The van der Waals surface area contributed by atoms with Crippen LogP contribution in [0.4, 0.5) is 5.82 Å². The number of rotatable bonds is 6. The first-order valence-corrected chi connectivity index (χ1v) is 9.01. The average molecular weight is 393 g/mol. The third-order valence-corrected chi connectivity index (χ3v) is 4.63. The van der Waals surface area contributed by atoms with Crippen LogP contribution in [0.2, 0.25) is 0 Å². The van der Waals surface area contributed by atoms with Crippen LogP contribution in [0.1, 0.15) is 16.8 Å². The number of carbonyl (C=O) groups is 1. The van der Waals surface area contributed by atoms with Gasteiger partial charge in [0.25, 0.3) is 0 Å². The summed E-state index contributed by atoms with van der Waals surface area (Å²) in [6.07, 6.45) is 2.33. The second-order valence-electron chi connectivity index (χ2n) is 6.51. The van der Waals surface area contributed by atoms with E-state index in [2.05, 4.69) is 15.3 Å². The van der Waals surface area contributed by atoms with Crippen molar-refractivity contribution in [2.75, 3.05) is 18.4 Å². The summed E-state index contributed by atoms with van der Waals surface area (Å²) in [7, 11) is 0. The number of aromatic hydroxyl groups is 2. The molecule has 0 atom stereocenters. The molecule has 4 aromatic rings. The summed E-state index contributed by atoms with van der Waals surface area (Å²) in [4.78, 5) is 20.7. The number of para-hydroxylation sites is 1. The Morgan fingerprint density at radius 3 is 2.72 bits per heavy atom. The van der Waals surface area contributed by atoms with Gasteiger partial charge in [0.1, 0.15) is 5.52 Å². The zero-order valence-corrected chi connectivity index (χ0v) is 15.3. The maximum atomic E-state index is 11.7. The number of hydrogen-bond donors (Lipinski definition) is 5. The number of nitrogens with one attached hydrogen (secondary N) is 1. The van der Waals surface area contributed by atoms with Gasteiger partial charge in [-0.1, -0.05) is 6.07 Å². The summed E-state index contributed by atoms with van der Waals surface area (Å²) < 4.78 is 1.78. The van der Waals surface area contributed by atoms with E-state index < -0.39 is 5.97 Å². The number of benzene rings is 2. The molecule has 9 nitrogen and oxygen atoms in total. The first-order valence-electron chi connectivity index (χ1n) is 9.01. The molecule has 0 saturated carbocycles. The van der Waals surface area contributed by atoms with E-state index >= 15 is 0 Å². The summed E-state index contributed by atoms with van der Waals surface area (Å²) in [5.74, 6) is -1.14. The van der Waals surface area contributed by atoms with E-state index in [-0.39, 0.29) is 17.1 Å². The quantitative estimate of drug-likeness (QED) is 0.248. The lowest BCUT2D eigenvalue weighted by molar-refractivity contribution is 0.0699. The molecule has 0 amide bonds. The number of nitrogens with zero attached hydrogens (tertiary/aromatic N) is 3. The summed E-state index contributed by atoms with van der Waals surface area (Å²) in [6.45, 7) is 1.06. The van der Waals surface area contributed by atoms with Crippen LogP contribution < -0.4 is 11.1 Å². The zero-order chi connectivity index (χ0) is 20.5. The van der Waals surface area contributed by atoms with Gasteiger partial charge in [0.2, 0.25) is 0 Å². The molecule has 0 saturated heterocycles. The molecule has 2 heterocycles. The molecule has 2 aromatic heterocycles. The second-order valence-corrected chi connectivity index (χ2v) is 6.51. The van der Waals surface area contributed by atoms with E-state index in [0.717, 1.165) is 0 Å². The number of phenolic OH excluding ortho intramolecular Hbond substituents is 2. The number of imidazole rings is 1. The fourth-order valence-electron chi connectivity index (χ4n) is 3.24. The molecule has 0 aliphatic heterocycles. The molecule has 0 fully saturated rings. The lowest BCUT2D eigenvalue weighted by Crippen LogP contribution is -2.11. The Morgan fingerprint density at radius 2 is 2.00 bits per heavy atom. The van der Waals surface area contributed by atoms with E-state index in [1.54, 1.807) is 28.8 Å². The van der Waals surface area contributed by atoms with Crippen molar-refractivity contribution in [3.8, 4) is 22.8 Å². The number of carboxylic acids is 1. The molecule has 9 heteroatoms. The Morgan fingerprint density at radius 1 is 1.17 bits per heavy atom. The Hall–Kier alpha value is -3.85. The number of fused-ring (bicyclic) bond motifs is 3. The molecule has 29 heavy (non-hydrogen) atoms. The van der Waals surface area contributed by atoms with E-state index in [4.69, 9.17) is 5.73 Å². The van der Waals surface area contributed by atoms with E-state index in [9.17, 15) is 20.1 Å². The molecule has 4 rings (SSSR count). The normalized spacial score (nSPS) is 11.2. The third kappa shape index (κ3) is 3.17. The van der Waals surface area contributed by atoms with Crippen molar-refractivity contribution in [3.05, 3.63) is 48.2 Å². The number of aromatic nitrogens is 3. The highest BCUT2D eigenvalue weighted by atomic mass is 16.4. The van der Waals surface area contributed by atoms with Crippen LogP contribution in [0.15, 0.2) is 42.6 Å². The van der Waals surface area contributed by atoms with Crippen molar-refractivity contribution in [2.45, 2.75) is 6.42 Å². The maximum absolute atomic E-state index is 11.7. The molecule has 148 valence electrons. The molecule has 0 aliphatic rings. The third-order valence-electron chi connectivity index (χ3n) is 4.63. The molecule has 2 aromatic carbocycles. The van der Waals surface area contributed by atoms with E-state index in [1.165, 1.54) is 18.2 Å². The molecule has 0 unspecified atom stereocenters. The molecule has 0 spiro atoms. The van der Waals surface area contributed by atoms with Crippen LogP contribution in [-0.2, 0) is 0 Å². The topological polar surface area (TPSA) is 146 Å². The predicted molar refractivity (Wildman–Crippen MR) is 108 cm³/mol.